The maximum atomic E-state index is 12.4. The fraction of sp³-hybridized carbons (Fsp3) is 0.292. The predicted octanol–water partition coefficient (Wildman–Crippen LogP) is 3.62. The summed E-state index contributed by atoms with van der Waals surface area (Å²) in [6.07, 6.45) is -0.225. The van der Waals surface area contributed by atoms with E-state index in [9.17, 15) is 19.7 Å². The van der Waals surface area contributed by atoms with E-state index in [0.717, 1.165) is 5.56 Å². The molecule has 3 aromatic rings. The number of aromatic nitrogens is 2. The Bertz CT molecular complexity index is 1140. The molecule has 0 spiro atoms. The number of hydrogen-bond donors (Lipinski definition) is 0. The summed E-state index contributed by atoms with van der Waals surface area (Å²) in [6, 6.07) is 16.2. The number of esters is 2. The van der Waals surface area contributed by atoms with Crippen LogP contribution in [0.3, 0.4) is 0 Å². The van der Waals surface area contributed by atoms with Crippen LogP contribution in [0.1, 0.15) is 42.1 Å². The van der Waals surface area contributed by atoms with Crippen LogP contribution in [0.15, 0.2) is 54.6 Å². The summed E-state index contributed by atoms with van der Waals surface area (Å²) >= 11 is 0. The number of ether oxygens (including phenoxy) is 2. The van der Waals surface area contributed by atoms with Crippen LogP contribution in [-0.4, -0.2) is 39.8 Å². The molecule has 172 valence electrons. The summed E-state index contributed by atoms with van der Waals surface area (Å²) in [7, 11) is 0. The summed E-state index contributed by atoms with van der Waals surface area (Å²) in [5.41, 5.74) is 2.77. The minimum Gasteiger partial charge on any atom is -0.466 e. The molecule has 9 heteroatoms. The van der Waals surface area contributed by atoms with Crippen LogP contribution in [0, 0.1) is 17.0 Å². The van der Waals surface area contributed by atoms with E-state index in [1.165, 1.54) is 11.6 Å². The number of nitro groups is 1. The van der Waals surface area contributed by atoms with E-state index < -0.39 is 29.3 Å². The molecule has 3 rings (SSSR count). The lowest BCUT2D eigenvalue weighted by molar-refractivity contribution is -0.481. The maximum Gasteiger partial charge on any atom is 0.311 e. The highest BCUT2D eigenvalue weighted by Gasteiger charge is 2.33. The minimum atomic E-state index is -0.808. The number of carbonyl (C=O) groups is 2. The molecule has 0 aliphatic rings. The maximum absolute atomic E-state index is 12.4. The van der Waals surface area contributed by atoms with E-state index in [-0.39, 0.29) is 24.6 Å². The van der Waals surface area contributed by atoms with Gasteiger partial charge in [-0.2, -0.15) is 5.10 Å². The zero-order valence-electron chi connectivity index (χ0n) is 18.7. The molecular weight excluding hydrogens is 426 g/mol. The summed E-state index contributed by atoms with van der Waals surface area (Å²) in [4.78, 5) is 35.6. The molecule has 0 aliphatic heterocycles. The number of para-hydroxylation sites is 1. The standard InChI is InChI=1S/C24H25N3O6/c1-4-32-22(29)14-21-23(20(15-26(30)31)18-12-10-16(2)11-13-18)24(33-17(3)28)27(25-21)19-8-6-5-7-9-19/h5-13,20H,4,14-15H2,1-3H3/t20-/m1/s1. The van der Waals surface area contributed by atoms with Crippen LogP contribution in [-0.2, 0) is 20.7 Å². The van der Waals surface area contributed by atoms with E-state index in [4.69, 9.17) is 9.47 Å². The first-order valence-corrected chi connectivity index (χ1v) is 10.5. The SMILES string of the molecule is CCOC(=O)Cc1nn(-c2ccccc2)c(OC(C)=O)c1[C@H](C[N+](=O)[O-])c1ccc(C)cc1. The first kappa shape index (κ1) is 23.6. The Hall–Kier alpha value is -4.01. The first-order valence-electron chi connectivity index (χ1n) is 10.5. The fourth-order valence-corrected chi connectivity index (χ4v) is 3.58. The Labute approximate surface area is 191 Å². The third-order valence-electron chi connectivity index (χ3n) is 4.97. The Balaban J connectivity index is 2.28. The van der Waals surface area contributed by atoms with Gasteiger partial charge in [-0.1, -0.05) is 48.0 Å². The molecule has 0 bridgehead atoms. The lowest BCUT2D eigenvalue weighted by Crippen LogP contribution is -2.18. The topological polar surface area (TPSA) is 114 Å². The zero-order chi connectivity index (χ0) is 24.0. The summed E-state index contributed by atoms with van der Waals surface area (Å²) in [6.45, 7) is 4.55. The largest absolute Gasteiger partial charge is 0.466 e. The lowest BCUT2D eigenvalue weighted by atomic mass is 9.90. The molecule has 1 aromatic heterocycles. The Morgan fingerprint density at radius 2 is 1.79 bits per heavy atom. The van der Waals surface area contributed by atoms with Gasteiger partial charge in [-0.3, -0.25) is 19.7 Å². The third kappa shape index (κ3) is 5.82. The average Bonchev–Trinajstić information content (AvgIpc) is 3.10. The van der Waals surface area contributed by atoms with E-state index in [0.29, 0.717) is 16.8 Å². The van der Waals surface area contributed by atoms with Gasteiger partial charge in [0.2, 0.25) is 12.4 Å². The van der Waals surface area contributed by atoms with Crippen LogP contribution in [0.4, 0.5) is 0 Å². The predicted molar refractivity (Wildman–Crippen MR) is 120 cm³/mol. The third-order valence-corrected chi connectivity index (χ3v) is 4.97. The van der Waals surface area contributed by atoms with Gasteiger partial charge in [-0.25, -0.2) is 4.68 Å². The molecule has 1 atom stereocenters. The normalized spacial score (nSPS) is 11.6. The molecule has 33 heavy (non-hydrogen) atoms. The van der Waals surface area contributed by atoms with Crippen molar-refractivity contribution < 1.29 is 24.0 Å². The summed E-state index contributed by atoms with van der Waals surface area (Å²) < 4.78 is 12.0. The van der Waals surface area contributed by atoms with Gasteiger partial charge in [-0.05, 0) is 31.5 Å². The van der Waals surface area contributed by atoms with Gasteiger partial charge < -0.3 is 9.47 Å². The van der Waals surface area contributed by atoms with E-state index in [2.05, 4.69) is 5.10 Å². The molecule has 2 aromatic carbocycles. The smallest absolute Gasteiger partial charge is 0.311 e. The van der Waals surface area contributed by atoms with E-state index >= 15 is 0 Å². The van der Waals surface area contributed by atoms with Crippen molar-refractivity contribution in [2.24, 2.45) is 0 Å². The Kier molecular flexibility index (Phi) is 7.55. The number of rotatable bonds is 9. The Morgan fingerprint density at radius 3 is 2.36 bits per heavy atom. The van der Waals surface area contributed by atoms with Crippen molar-refractivity contribution >= 4 is 11.9 Å². The number of benzene rings is 2. The van der Waals surface area contributed by atoms with Crippen molar-refractivity contribution in [2.75, 3.05) is 13.2 Å². The molecular formula is C24H25N3O6. The van der Waals surface area contributed by atoms with Crippen molar-refractivity contribution in [3.63, 3.8) is 0 Å². The highest BCUT2D eigenvalue weighted by atomic mass is 16.6. The highest BCUT2D eigenvalue weighted by molar-refractivity contribution is 5.74. The molecule has 0 saturated carbocycles. The minimum absolute atomic E-state index is 0.0421. The molecule has 0 radical (unpaired) electrons. The van der Waals surface area contributed by atoms with Crippen molar-refractivity contribution in [3.8, 4) is 11.6 Å². The summed E-state index contributed by atoms with van der Waals surface area (Å²) in [5.74, 6) is -1.91. The van der Waals surface area contributed by atoms with Crippen molar-refractivity contribution in [1.82, 2.24) is 9.78 Å². The fourth-order valence-electron chi connectivity index (χ4n) is 3.58. The van der Waals surface area contributed by atoms with Crippen LogP contribution >= 0.6 is 0 Å². The molecule has 0 unspecified atom stereocenters. The molecule has 0 saturated heterocycles. The average molecular weight is 451 g/mol. The van der Waals surface area contributed by atoms with Crippen molar-refractivity contribution in [3.05, 3.63) is 87.1 Å². The zero-order valence-corrected chi connectivity index (χ0v) is 18.7. The van der Waals surface area contributed by atoms with Crippen LogP contribution in [0.5, 0.6) is 5.88 Å². The van der Waals surface area contributed by atoms with Crippen LogP contribution in [0.25, 0.3) is 5.69 Å². The molecule has 0 aliphatic carbocycles. The first-order chi connectivity index (χ1) is 15.8. The van der Waals surface area contributed by atoms with Gasteiger partial charge in [0.15, 0.2) is 0 Å². The number of hydrogen-bond acceptors (Lipinski definition) is 7. The molecule has 9 nitrogen and oxygen atoms in total. The molecule has 0 fully saturated rings. The highest BCUT2D eigenvalue weighted by Crippen LogP contribution is 2.37. The molecule has 0 amide bonds. The van der Waals surface area contributed by atoms with Gasteiger partial charge in [0.1, 0.15) is 0 Å². The Morgan fingerprint density at radius 1 is 1.12 bits per heavy atom. The van der Waals surface area contributed by atoms with E-state index in [1.54, 1.807) is 43.3 Å². The van der Waals surface area contributed by atoms with Crippen molar-refractivity contribution in [2.45, 2.75) is 33.1 Å². The molecule has 1 heterocycles. The monoisotopic (exact) mass is 451 g/mol. The van der Waals surface area contributed by atoms with Crippen LogP contribution in [0.2, 0.25) is 0 Å². The van der Waals surface area contributed by atoms with Crippen LogP contribution < -0.4 is 4.74 Å². The second-order valence-electron chi connectivity index (χ2n) is 7.47. The van der Waals surface area contributed by atoms with Gasteiger partial charge >= 0.3 is 11.9 Å². The lowest BCUT2D eigenvalue weighted by Gasteiger charge is -2.16. The quantitative estimate of drug-likeness (QED) is 0.277. The van der Waals surface area contributed by atoms with Gasteiger partial charge in [0.05, 0.1) is 35.9 Å². The summed E-state index contributed by atoms with van der Waals surface area (Å²) in [5, 5.41) is 16.2. The number of aryl methyl sites for hydroxylation is 1. The number of carbonyl (C=O) groups excluding carboxylic acids is 2. The van der Waals surface area contributed by atoms with Crippen molar-refractivity contribution in [1.29, 1.82) is 0 Å². The van der Waals surface area contributed by atoms with Gasteiger partial charge in [-0.15, -0.1) is 0 Å². The second-order valence-corrected chi connectivity index (χ2v) is 7.47. The van der Waals surface area contributed by atoms with Gasteiger partial charge in [0.25, 0.3) is 0 Å². The second kappa shape index (κ2) is 10.5. The number of nitrogens with zero attached hydrogens (tertiary/aromatic N) is 3. The van der Waals surface area contributed by atoms with E-state index in [1.807, 2.05) is 25.1 Å². The van der Waals surface area contributed by atoms with Gasteiger partial charge in [0, 0.05) is 11.8 Å². The molecule has 0 N–H and O–H groups in total.